The van der Waals surface area contributed by atoms with E-state index in [0.717, 1.165) is 22.4 Å². The maximum Gasteiger partial charge on any atom is 0.222 e. The molecule has 20 heavy (non-hydrogen) atoms. The van der Waals surface area contributed by atoms with Gasteiger partial charge < -0.3 is 5.32 Å². The summed E-state index contributed by atoms with van der Waals surface area (Å²) in [6.07, 6.45) is 2.21. The van der Waals surface area contributed by atoms with Crippen LogP contribution in [0.25, 0.3) is 11.3 Å². The van der Waals surface area contributed by atoms with Gasteiger partial charge in [-0.1, -0.05) is 24.3 Å². The Balaban J connectivity index is 2.35. The molecule has 3 rings (SSSR count). The first-order valence-corrected chi connectivity index (χ1v) is 6.71. The lowest BCUT2D eigenvalue weighted by Crippen LogP contribution is -2.30. The molecule has 1 aliphatic rings. The van der Waals surface area contributed by atoms with Crippen molar-refractivity contribution in [3.05, 3.63) is 41.6 Å². The number of hydrogen-bond donors (Lipinski definition) is 1. The third-order valence-electron chi connectivity index (χ3n) is 4.01. The summed E-state index contributed by atoms with van der Waals surface area (Å²) in [4.78, 5) is 21.4. The van der Waals surface area contributed by atoms with Crippen LogP contribution in [0, 0.1) is 0 Å². The highest BCUT2D eigenvalue weighted by molar-refractivity contribution is 5.96. The highest BCUT2D eigenvalue weighted by Crippen LogP contribution is 2.38. The van der Waals surface area contributed by atoms with Crippen LogP contribution in [-0.4, -0.2) is 22.8 Å². The molecule has 1 aromatic carbocycles. The fourth-order valence-electron chi connectivity index (χ4n) is 2.61. The van der Waals surface area contributed by atoms with Crippen molar-refractivity contribution in [3.8, 4) is 11.3 Å². The lowest BCUT2D eigenvalue weighted by Gasteiger charge is -2.23. The molecule has 102 valence electrons. The third kappa shape index (κ3) is 1.80. The zero-order valence-electron chi connectivity index (χ0n) is 11.9. The number of ketones is 1. The molecule has 0 saturated heterocycles. The minimum atomic E-state index is -0.569. The second-order valence-corrected chi connectivity index (χ2v) is 5.59. The fraction of sp³-hybridized carbons (Fsp3) is 0.312. The van der Waals surface area contributed by atoms with Crippen LogP contribution in [0.3, 0.4) is 0 Å². The van der Waals surface area contributed by atoms with Gasteiger partial charge in [0.25, 0.3) is 0 Å². The zero-order chi connectivity index (χ0) is 14.3. The van der Waals surface area contributed by atoms with Gasteiger partial charge in [0.15, 0.2) is 0 Å². The minimum Gasteiger partial charge on any atom is -0.357 e. The van der Waals surface area contributed by atoms with E-state index in [2.05, 4.69) is 15.3 Å². The number of fused-ring (bicyclic) bond motifs is 3. The largest absolute Gasteiger partial charge is 0.357 e. The first-order chi connectivity index (χ1) is 9.54. The molecule has 0 aliphatic heterocycles. The number of nitrogens with zero attached hydrogens (tertiary/aromatic N) is 2. The normalized spacial score (nSPS) is 16.1. The molecule has 0 spiro atoms. The summed E-state index contributed by atoms with van der Waals surface area (Å²) in [6, 6.07) is 7.96. The monoisotopic (exact) mass is 267 g/mol. The van der Waals surface area contributed by atoms with E-state index in [0.29, 0.717) is 12.4 Å². The highest BCUT2D eigenvalue weighted by atomic mass is 16.1. The predicted octanol–water partition coefficient (Wildman–Crippen LogP) is 2.59. The first-order valence-electron chi connectivity index (χ1n) is 6.71. The van der Waals surface area contributed by atoms with Crippen molar-refractivity contribution in [2.45, 2.75) is 25.7 Å². The van der Waals surface area contributed by atoms with E-state index in [1.807, 2.05) is 38.1 Å². The number of anilines is 1. The lowest BCUT2D eigenvalue weighted by molar-refractivity contribution is -0.122. The first kappa shape index (κ1) is 12.8. The summed E-state index contributed by atoms with van der Waals surface area (Å²) in [6.45, 7) is 3.89. The average Bonchev–Trinajstić information content (AvgIpc) is 2.54. The summed E-state index contributed by atoms with van der Waals surface area (Å²) >= 11 is 0. The van der Waals surface area contributed by atoms with Crippen LogP contribution in [0.2, 0.25) is 0 Å². The molecule has 1 aromatic heterocycles. The number of aromatic nitrogens is 2. The molecule has 4 nitrogen and oxygen atoms in total. The number of carbonyl (C=O) groups excluding carboxylic acids is 1. The molecule has 1 aliphatic carbocycles. The van der Waals surface area contributed by atoms with Crippen molar-refractivity contribution >= 4 is 11.7 Å². The van der Waals surface area contributed by atoms with Crippen molar-refractivity contribution in [2.24, 2.45) is 0 Å². The van der Waals surface area contributed by atoms with Gasteiger partial charge in [-0.25, -0.2) is 9.97 Å². The third-order valence-corrected chi connectivity index (χ3v) is 4.01. The molecule has 4 heteroatoms. The smallest absolute Gasteiger partial charge is 0.222 e. The van der Waals surface area contributed by atoms with Crippen LogP contribution in [0.4, 0.5) is 5.95 Å². The van der Waals surface area contributed by atoms with Crippen molar-refractivity contribution in [1.29, 1.82) is 0 Å². The molecule has 0 amide bonds. The Kier molecular flexibility index (Phi) is 2.82. The maximum atomic E-state index is 12.5. The van der Waals surface area contributed by atoms with Gasteiger partial charge in [0.05, 0.1) is 11.1 Å². The Morgan fingerprint density at radius 2 is 2.00 bits per heavy atom. The highest BCUT2D eigenvalue weighted by Gasteiger charge is 2.36. The second kappa shape index (κ2) is 4.40. The predicted molar refractivity (Wildman–Crippen MR) is 78.8 cm³/mol. The number of hydrogen-bond acceptors (Lipinski definition) is 4. The molecular weight excluding hydrogens is 250 g/mol. The van der Waals surface area contributed by atoms with Crippen LogP contribution in [0.5, 0.6) is 0 Å². The zero-order valence-corrected chi connectivity index (χ0v) is 11.9. The van der Waals surface area contributed by atoms with E-state index in [4.69, 9.17) is 0 Å². The van der Waals surface area contributed by atoms with E-state index >= 15 is 0 Å². The van der Waals surface area contributed by atoms with Gasteiger partial charge >= 0.3 is 0 Å². The molecule has 0 bridgehead atoms. The van der Waals surface area contributed by atoms with Crippen LogP contribution < -0.4 is 5.32 Å². The average molecular weight is 267 g/mol. The molecule has 0 fully saturated rings. The molecule has 0 radical (unpaired) electrons. The number of carbonyl (C=O) groups is 1. The molecule has 0 saturated carbocycles. The fourth-order valence-corrected chi connectivity index (χ4v) is 2.61. The van der Waals surface area contributed by atoms with E-state index in [9.17, 15) is 4.79 Å². The standard InChI is InChI=1S/C16H17N3O/c1-16(2)12-9-18-15(17-3)19-14(12)11-7-5-4-6-10(11)8-13(16)20/h4-7,9H,8H2,1-3H3,(H,17,18,19). The van der Waals surface area contributed by atoms with Crippen molar-refractivity contribution < 1.29 is 4.79 Å². The van der Waals surface area contributed by atoms with Gasteiger partial charge in [-0.05, 0) is 19.4 Å². The molecule has 1 heterocycles. The summed E-state index contributed by atoms with van der Waals surface area (Å²) in [5, 5.41) is 2.96. The lowest BCUT2D eigenvalue weighted by atomic mass is 9.80. The molecule has 2 aromatic rings. The van der Waals surface area contributed by atoms with E-state index in [1.165, 1.54) is 0 Å². The molecule has 0 atom stereocenters. The topological polar surface area (TPSA) is 54.9 Å². The number of nitrogens with one attached hydrogen (secondary N) is 1. The second-order valence-electron chi connectivity index (χ2n) is 5.59. The Morgan fingerprint density at radius 1 is 1.25 bits per heavy atom. The Hall–Kier alpha value is -2.23. The van der Waals surface area contributed by atoms with Gasteiger partial charge in [0.2, 0.25) is 5.95 Å². The van der Waals surface area contributed by atoms with Gasteiger partial charge in [0.1, 0.15) is 5.78 Å². The number of rotatable bonds is 1. The summed E-state index contributed by atoms with van der Waals surface area (Å²) in [5.41, 5.74) is 3.24. The van der Waals surface area contributed by atoms with E-state index in [-0.39, 0.29) is 5.78 Å². The van der Waals surface area contributed by atoms with Crippen molar-refractivity contribution in [2.75, 3.05) is 12.4 Å². The van der Waals surface area contributed by atoms with Gasteiger partial charge in [-0.3, -0.25) is 4.79 Å². The van der Waals surface area contributed by atoms with E-state index < -0.39 is 5.41 Å². The summed E-state index contributed by atoms with van der Waals surface area (Å²) in [7, 11) is 1.79. The van der Waals surface area contributed by atoms with Crippen LogP contribution in [-0.2, 0) is 16.6 Å². The Labute approximate surface area is 118 Å². The van der Waals surface area contributed by atoms with Crippen LogP contribution >= 0.6 is 0 Å². The number of benzene rings is 1. The summed E-state index contributed by atoms with van der Waals surface area (Å²) in [5.74, 6) is 0.771. The van der Waals surface area contributed by atoms with Crippen molar-refractivity contribution in [1.82, 2.24) is 9.97 Å². The van der Waals surface area contributed by atoms with Crippen molar-refractivity contribution in [3.63, 3.8) is 0 Å². The quantitative estimate of drug-likeness (QED) is 0.863. The van der Waals surface area contributed by atoms with Crippen LogP contribution in [0.1, 0.15) is 25.0 Å². The van der Waals surface area contributed by atoms with Gasteiger partial charge in [0, 0.05) is 30.8 Å². The SMILES string of the molecule is CNc1ncc2c(n1)-c1ccccc1CC(=O)C2(C)C. The number of Topliss-reactive ketones (excluding diaryl/α,β-unsaturated/α-hetero) is 1. The maximum absolute atomic E-state index is 12.5. The summed E-state index contributed by atoms with van der Waals surface area (Å²) < 4.78 is 0. The molecule has 1 N–H and O–H groups in total. The minimum absolute atomic E-state index is 0.199. The Morgan fingerprint density at radius 3 is 2.75 bits per heavy atom. The van der Waals surface area contributed by atoms with Gasteiger partial charge in [-0.15, -0.1) is 0 Å². The van der Waals surface area contributed by atoms with E-state index in [1.54, 1.807) is 13.2 Å². The molecule has 0 unspecified atom stereocenters. The Bertz CT molecular complexity index is 692. The molecular formula is C16H17N3O. The van der Waals surface area contributed by atoms with Crippen LogP contribution in [0.15, 0.2) is 30.5 Å². The van der Waals surface area contributed by atoms with Gasteiger partial charge in [-0.2, -0.15) is 0 Å².